The van der Waals surface area contributed by atoms with Crippen LogP contribution >= 0.6 is 0 Å². The van der Waals surface area contributed by atoms with Crippen LogP contribution in [-0.2, 0) is 29.3 Å². The SMILES string of the molecule is C[Si](C)(C)CC1=C[CH]([Hf][C]2=CCc3ccccc32)C=C1. The third-order valence-corrected chi connectivity index (χ3v) is 10.6. The molecule has 1 atom stereocenters. The van der Waals surface area contributed by atoms with Crippen molar-refractivity contribution in [1.82, 2.24) is 0 Å². The molecule has 0 spiro atoms. The molecule has 0 nitrogen and oxygen atoms in total. The molecule has 102 valence electrons. The van der Waals surface area contributed by atoms with Crippen LogP contribution in [0, 0.1) is 0 Å². The van der Waals surface area contributed by atoms with Gasteiger partial charge in [0.15, 0.2) is 0 Å². The van der Waals surface area contributed by atoms with E-state index in [2.05, 4.69) is 68.2 Å². The van der Waals surface area contributed by atoms with Gasteiger partial charge in [-0.05, 0) is 0 Å². The van der Waals surface area contributed by atoms with E-state index in [1.807, 2.05) is 0 Å². The number of hydrogen-bond acceptors (Lipinski definition) is 0. The molecule has 20 heavy (non-hydrogen) atoms. The zero-order valence-electron chi connectivity index (χ0n) is 12.6. The minimum absolute atomic E-state index is 0.770. The molecule has 0 radical (unpaired) electrons. The van der Waals surface area contributed by atoms with Crippen molar-refractivity contribution in [3.8, 4) is 0 Å². The van der Waals surface area contributed by atoms with Crippen molar-refractivity contribution >= 4 is 11.4 Å². The van der Waals surface area contributed by atoms with Gasteiger partial charge in [0.1, 0.15) is 0 Å². The Kier molecular flexibility index (Phi) is 4.14. The molecule has 0 fully saturated rings. The zero-order valence-corrected chi connectivity index (χ0v) is 17.2. The van der Waals surface area contributed by atoms with Gasteiger partial charge in [-0.2, -0.15) is 0 Å². The van der Waals surface area contributed by atoms with Gasteiger partial charge >= 0.3 is 135 Å². The first-order valence-electron chi connectivity index (χ1n) is 7.45. The Labute approximate surface area is 135 Å². The van der Waals surface area contributed by atoms with Crippen LogP contribution in [0.1, 0.15) is 11.1 Å². The Balaban J connectivity index is 1.68. The van der Waals surface area contributed by atoms with E-state index >= 15 is 0 Å². The average Bonchev–Trinajstić information content (AvgIpc) is 2.96. The summed E-state index contributed by atoms with van der Waals surface area (Å²) in [5, 5.41) is 0. The van der Waals surface area contributed by atoms with E-state index in [0.717, 1.165) is 3.67 Å². The maximum atomic E-state index is 2.59. The van der Waals surface area contributed by atoms with Crippen LogP contribution in [0.4, 0.5) is 0 Å². The zero-order chi connectivity index (χ0) is 14.2. The first-order chi connectivity index (χ1) is 9.51. The van der Waals surface area contributed by atoms with Crippen LogP contribution < -0.4 is 0 Å². The molecule has 1 unspecified atom stereocenters. The summed E-state index contributed by atoms with van der Waals surface area (Å²) in [5.41, 5.74) is 4.73. The second-order valence-corrected chi connectivity index (χ2v) is 17.8. The molecule has 0 saturated carbocycles. The van der Waals surface area contributed by atoms with E-state index in [9.17, 15) is 0 Å². The normalized spacial score (nSPS) is 20.6. The number of fused-ring (bicyclic) bond motifs is 1. The van der Waals surface area contributed by atoms with Gasteiger partial charge in [-0.15, -0.1) is 0 Å². The molecule has 0 N–H and O–H groups in total. The summed E-state index contributed by atoms with van der Waals surface area (Å²) in [5.74, 6) is 0. The Morgan fingerprint density at radius 2 is 2.00 bits per heavy atom. The average molecular weight is 445 g/mol. The number of hydrogen-bond donors (Lipinski definition) is 0. The fourth-order valence-electron chi connectivity index (χ4n) is 2.99. The summed E-state index contributed by atoms with van der Waals surface area (Å²) in [6.45, 7) is 7.40. The first-order valence-corrected chi connectivity index (χ1v) is 15.0. The van der Waals surface area contributed by atoms with E-state index in [1.165, 1.54) is 12.5 Å². The van der Waals surface area contributed by atoms with Crippen molar-refractivity contribution in [3.63, 3.8) is 0 Å². The minimum atomic E-state index is -0.966. The molecule has 0 aromatic heterocycles. The van der Waals surface area contributed by atoms with E-state index in [1.54, 1.807) is 20.0 Å². The topological polar surface area (TPSA) is 0 Å². The standard InChI is InChI=1S/C9H15Si.C9H7.Hf/c1-10(2,3)8-9-6-4-5-7-9;1-2-5-9-7-3-6-8(9)4-1;/h4-7H,8H2,1-3H3;1-5H,6H2;. The Morgan fingerprint density at radius 1 is 1.20 bits per heavy atom. The second kappa shape index (κ2) is 5.73. The molecule has 0 heterocycles. The summed E-state index contributed by atoms with van der Waals surface area (Å²) in [6, 6.07) is 10.3. The van der Waals surface area contributed by atoms with E-state index in [-0.39, 0.29) is 0 Å². The van der Waals surface area contributed by atoms with E-state index in [0.29, 0.717) is 0 Å². The van der Waals surface area contributed by atoms with Gasteiger partial charge in [0.05, 0.1) is 0 Å². The molecular weight excluding hydrogens is 423 g/mol. The summed E-state index contributed by atoms with van der Waals surface area (Å²) >= 11 is -0.770. The molecular formula is C18H22HfSi. The summed E-state index contributed by atoms with van der Waals surface area (Å²) < 4.78 is 2.54. The third kappa shape index (κ3) is 3.40. The van der Waals surface area contributed by atoms with E-state index < -0.39 is 31.0 Å². The molecule has 0 amide bonds. The molecule has 1 aromatic rings. The van der Waals surface area contributed by atoms with Crippen LogP contribution in [0.15, 0.2) is 54.1 Å². The van der Waals surface area contributed by atoms with Crippen molar-refractivity contribution in [2.24, 2.45) is 0 Å². The van der Waals surface area contributed by atoms with Gasteiger partial charge in [-0.25, -0.2) is 0 Å². The van der Waals surface area contributed by atoms with Crippen LogP contribution in [0.3, 0.4) is 0 Å². The Morgan fingerprint density at radius 3 is 2.80 bits per heavy atom. The molecule has 3 rings (SSSR count). The van der Waals surface area contributed by atoms with Crippen LogP contribution in [0.2, 0.25) is 29.4 Å². The Hall–Kier alpha value is -0.473. The maximum absolute atomic E-state index is 2.59. The third-order valence-electron chi connectivity index (χ3n) is 3.80. The summed E-state index contributed by atoms with van der Waals surface area (Å²) in [4.78, 5) is 0. The monoisotopic (exact) mass is 446 g/mol. The fraction of sp³-hybridized carbons (Fsp3) is 0.333. The van der Waals surface area contributed by atoms with Crippen molar-refractivity contribution < 1.29 is 22.9 Å². The van der Waals surface area contributed by atoms with Gasteiger partial charge in [-0.1, -0.05) is 0 Å². The summed E-state index contributed by atoms with van der Waals surface area (Å²) in [7, 11) is -0.966. The second-order valence-electron chi connectivity index (χ2n) is 6.99. The molecule has 2 aliphatic rings. The molecule has 0 bridgehead atoms. The fourth-order valence-corrected chi connectivity index (χ4v) is 9.72. The molecule has 0 saturated heterocycles. The predicted octanol–water partition coefficient (Wildman–Crippen LogP) is 5.29. The van der Waals surface area contributed by atoms with Gasteiger partial charge in [0.2, 0.25) is 0 Å². The number of allylic oxidation sites excluding steroid dienone is 5. The van der Waals surface area contributed by atoms with Gasteiger partial charge in [-0.3, -0.25) is 0 Å². The predicted molar refractivity (Wildman–Crippen MR) is 87.2 cm³/mol. The molecule has 1 aromatic carbocycles. The van der Waals surface area contributed by atoms with Crippen LogP contribution in [0.25, 0.3) is 3.33 Å². The van der Waals surface area contributed by atoms with Gasteiger partial charge < -0.3 is 0 Å². The Bertz CT molecular complexity index is 602. The number of rotatable bonds is 4. The molecule has 0 aliphatic heterocycles. The van der Waals surface area contributed by atoms with Crippen molar-refractivity contribution in [1.29, 1.82) is 0 Å². The van der Waals surface area contributed by atoms with Gasteiger partial charge in [0.25, 0.3) is 0 Å². The number of benzene rings is 1. The quantitative estimate of drug-likeness (QED) is 0.553. The molecule has 2 aliphatic carbocycles. The van der Waals surface area contributed by atoms with Crippen molar-refractivity contribution in [2.45, 2.75) is 35.8 Å². The van der Waals surface area contributed by atoms with Crippen molar-refractivity contribution in [2.75, 3.05) is 0 Å². The van der Waals surface area contributed by atoms with E-state index in [4.69, 9.17) is 0 Å². The van der Waals surface area contributed by atoms with Gasteiger partial charge in [0, 0.05) is 0 Å². The first kappa shape index (κ1) is 14.5. The molecule has 2 heteroatoms. The summed E-state index contributed by atoms with van der Waals surface area (Å²) in [6.07, 6.45) is 11.2. The van der Waals surface area contributed by atoms with Crippen molar-refractivity contribution in [3.05, 3.63) is 65.3 Å². The van der Waals surface area contributed by atoms with Crippen LogP contribution in [0.5, 0.6) is 0 Å². The van der Waals surface area contributed by atoms with Crippen LogP contribution in [-0.4, -0.2) is 8.07 Å².